The van der Waals surface area contributed by atoms with Gasteiger partial charge < -0.3 is 10.6 Å². The first kappa shape index (κ1) is 21.5. The van der Waals surface area contributed by atoms with Gasteiger partial charge in [-0.3, -0.25) is 9.00 Å². The Morgan fingerprint density at radius 1 is 1.19 bits per heavy atom. The summed E-state index contributed by atoms with van der Waals surface area (Å²) in [6.45, 7) is 5.93. The largest absolute Gasteiger partial charge is 0.343 e. The Labute approximate surface area is 188 Å². The number of hydrogen-bond donors (Lipinski definition) is 2. The van der Waals surface area contributed by atoms with Crippen LogP contribution >= 0.6 is 11.6 Å². The molecule has 1 amide bonds. The Kier molecular flexibility index (Phi) is 5.58. The van der Waals surface area contributed by atoms with Crippen molar-refractivity contribution in [3.8, 4) is 11.3 Å². The maximum Gasteiger partial charge on any atom is 0.252 e. The van der Waals surface area contributed by atoms with Crippen molar-refractivity contribution in [2.45, 2.75) is 32.1 Å². The van der Waals surface area contributed by atoms with Gasteiger partial charge in [0.2, 0.25) is 5.95 Å². The van der Waals surface area contributed by atoms with E-state index in [1.165, 1.54) is 0 Å². The van der Waals surface area contributed by atoms with Gasteiger partial charge in [0.15, 0.2) is 0 Å². The average Bonchev–Trinajstić information content (AvgIpc) is 2.93. The maximum absolute atomic E-state index is 12.2. The molecular formula is C23H23ClN4O2S. The molecule has 0 fully saturated rings. The highest BCUT2D eigenvalue weighted by Crippen LogP contribution is 2.35. The first-order valence-corrected chi connectivity index (χ1v) is 11.9. The Morgan fingerprint density at radius 3 is 2.71 bits per heavy atom. The number of aryl methyl sites for hydroxylation is 1. The van der Waals surface area contributed by atoms with E-state index < -0.39 is 16.3 Å². The molecule has 3 aromatic rings. The number of fused-ring (bicyclic) bond motifs is 1. The smallest absolute Gasteiger partial charge is 0.252 e. The lowest BCUT2D eigenvalue weighted by Gasteiger charge is -2.19. The molecule has 0 radical (unpaired) electrons. The van der Waals surface area contributed by atoms with E-state index in [2.05, 4.69) is 20.6 Å². The minimum absolute atomic E-state index is 0.0779. The molecule has 2 aromatic carbocycles. The van der Waals surface area contributed by atoms with E-state index in [-0.39, 0.29) is 5.91 Å². The summed E-state index contributed by atoms with van der Waals surface area (Å²) < 4.78 is 11.6. The van der Waals surface area contributed by atoms with Crippen molar-refractivity contribution in [2.75, 3.05) is 11.6 Å². The van der Waals surface area contributed by atoms with Gasteiger partial charge in [-0.2, -0.15) is 0 Å². The van der Waals surface area contributed by atoms with Crippen LogP contribution in [0.15, 0.2) is 42.6 Å². The Hall–Kier alpha value is -2.77. The maximum atomic E-state index is 12.2. The summed E-state index contributed by atoms with van der Waals surface area (Å²) in [7, 11) is -0.928. The molecular weight excluding hydrogens is 432 g/mol. The number of nitrogens with one attached hydrogen (secondary N) is 2. The minimum atomic E-state index is -0.928. The van der Waals surface area contributed by atoms with Gasteiger partial charge in [0.05, 0.1) is 22.5 Å². The third-order valence-electron chi connectivity index (χ3n) is 5.35. The number of rotatable bonds is 5. The van der Waals surface area contributed by atoms with Crippen molar-refractivity contribution in [3.05, 3.63) is 69.9 Å². The molecule has 1 aliphatic heterocycles. The summed E-state index contributed by atoms with van der Waals surface area (Å²) in [5.74, 6) is 0.817. The number of hydrogen-bond acceptors (Lipinski definition) is 5. The summed E-state index contributed by atoms with van der Waals surface area (Å²) in [5.41, 5.74) is 5.42. The molecule has 1 aromatic heterocycles. The highest BCUT2D eigenvalue weighted by Gasteiger charge is 2.35. The fourth-order valence-electron chi connectivity index (χ4n) is 3.71. The first-order chi connectivity index (χ1) is 14.6. The van der Waals surface area contributed by atoms with E-state index in [1.54, 1.807) is 18.5 Å². The summed E-state index contributed by atoms with van der Waals surface area (Å²) in [6, 6.07) is 11.5. The lowest BCUT2D eigenvalue weighted by Crippen LogP contribution is -2.32. The second-order valence-corrected chi connectivity index (χ2v) is 10.1. The first-order valence-electron chi connectivity index (χ1n) is 9.80. The molecule has 1 unspecified atom stereocenters. The molecule has 2 heterocycles. The molecule has 0 saturated heterocycles. The monoisotopic (exact) mass is 454 g/mol. The summed E-state index contributed by atoms with van der Waals surface area (Å²) in [6.07, 6.45) is 3.25. The number of carbonyl (C=O) groups is 1. The van der Waals surface area contributed by atoms with Crippen molar-refractivity contribution < 1.29 is 9.00 Å². The van der Waals surface area contributed by atoms with Crippen molar-refractivity contribution in [2.24, 2.45) is 0 Å². The van der Waals surface area contributed by atoms with E-state index in [0.29, 0.717) is 28.0 Å². The summed E-state index contributed by atoms with van der Waals surface area (Å²) in [5, 5.41) is 6.61. The van der Waals surface area contributed by atoms with Crippen LogP contribution in [0, 0.1) is 6.92 Å². The van der Waals surface area contributed by atoms with Gasteiger partial charge in [0.1, 0.15) is 0 Å². The SMILES string of the molecule is Cc1ccc(Nc2ncc(Cl)c(-c3ccc4c(c3)C(C)(C)NC4=O)n2)cc1CS(C)=O. The van der Waals surface area contributed by atoms with E-state index in [9.17, 15) is 9.00 Å². The minimum Gasteiger partial charge on any atom is -0.343 e. The van der Waals surface area contributed by atoms with E-state index >= 15 is 0 Å². The van der Waals surface area contributed by atoms with Crippen molar-refractivity contribution in [1.29, 1.82) is 0 Å². The summed E-state index contributed by atoms with van der Waals surface area (Å²) >= 11 is 6.42. The quantitative estimate of drug-likeness (QED) is 0.583. The van der Waals surface area contributed by atoms with Gasteiger partial charge in [-0.15, -0.1) is 0 Å². The van der Waals surface area contributed by atoms with Crippen molar-refractivity contribution in [3.63, 3.8) is 0 Å². The Balaban J connectivity index is 1.68. The number of nitrogens with zero attached hydrogens (tertiary/aromatic N) is 2. The molecule has 31 heavy (non-hydrogen) atoms. The van der Waals surface area contributed by atoms with E-state index in [4.69, 9.17) is 11.6 Å². The second-order valence-electron chi connectivity index (χ2n) is 8.21. The zero-order valence-corrected chi connectivity index (χ0v) is 19.3. The lowest BCUT2D eigenvalue weighted by molar-refractivity contribution is 0.0940. The molecule has 0 spiro atoms. The molecule has 0 saturated carbocycles. The molecule has 0 bridgehead atoms. The van der Waals surface area contributed by atoms with Gasteiger partial charge in [0, 0.05) is 39.6 Å². The molecule has 1 atom stereocenters. The second kappa shape index (κ2) is 8.05. The van der Waals surface area contributed by atoms with Gasteiger partial charge in [-0.1, -0.05) is 23.7 Å². The van der Waals surface area contributed by atoms with Gasteiger partial charge >= 0.3 is 0 Å². The van der Waals surface area contributed by atoms with Crippen LogP contribution in [0.1, 0.15) is 40.9 Å². The molecule has 1 aliphatic rings. The number of aromatic nitrogens is 2. The molecule has 2 N–H and O–H groups in total. The lowest BCUT2D eigenvalue weighted by atomic mass is 9.92. The zero-order valence-electron chi connectivity index (χ0n) is 17.7. The molecule has 0 aliphatic carbocycles. The van der Waals surface area contributed by atoms with Crippen LogP contribution in [0.2, 0.25) is 5.02 Å². The predicted molar refractivity (Wildman–Crippen MR) is 125 cm³/mol. The van der Waals surface area contributed by atoms with Crippen molar-refractivity contribution in [1.82, 2.24) is 15.3 Å². The van der Waals surface area contributed by atoms with Crippen LogP contribution in [0.25, 0.3) is 11.3 Å². The van der Waals surface area contributed by atoms with Crippen LogP contribution in [0.3, 0.4) is 0 Å². The van der Waals surface area contributed by atoms with E-state index in [0.717, 1.165) is 27.9 Å². The number of benzene rings is 2. The molecule has 8 heteroatoms. The fraction of sp³-hybridized carbons (Fsp3) is 0.261. The highest BCUT2D eigenvalue weighted by atomic mass is 35.5. The highest BCUT2D eigenvalue weighted by molar-refractivity contribution is 7.83. The van der Waals surface area contributed by atoms with Crippen LogP contribution in [0.4, 0.5) is 11.6 Å². The summed E-state index contributed by atoms with van der Waals surface area (Å²) in [4.78, 5) is 21.1. The van der Waals surface area contributed by atoms with E-state index in [1.807, 2.05) is 51.1 Å². The zero-order chi connectivity index (χ0) is 22.3. The Morgan fingerprint density at radius 2 is 1.97 bits per heavy atom. The molecule has 160 valence electrons. The number of halogens is 1. The Bertz CT molecular complexity index is 1230. The normalized spacial score (nSPS) is 15.3. The van der Waals surface area contributed by atoms with Crippen LogP contribution < -0.4 is 10.6 Å². The number of amides is 1. The fourth-order valence-corrected chi connectivity index (χ4v) is 4.66. The van der Waals surface area contributed by atoms with Gasteiger partial charge in [0.25, 0.3) is 5.91 Å². The van der Waals surface area contributed by atoms with Gasteiger partial charge in [-0.05, 0) is 61.7 Å². The number of carbonyl (C=O) groups excluding carboxylic acids is 1. The third-order valence-corrected chi connectivity index (χ3v) is 6.34. The average molecular weight is 455 g/mol. The van der Waals surface area contributed by atoms with Crippen molar-refractivity contribution >= 4 is 39.9 Å². The topological polar surface area (TPSA) is 84.0 Å². The molecule has 6 nitrogen and oxygen atoms in total. The predicted octanol–water partition coefficient (Wildman–Crippen LogP) is 4.71. The number of anilines is 2. The van der Waals surface area contributed by atoms with Crippen LogP contribution in [-0.4, -0.2) is 26.3 Å². The standard InChI is InChI=1S/C23H23ClN4O2S/c1-13-5-7-16(9-15(13)12-31(4)30)26-22-25-11-19(24)20(27-22)14-6-8-17-18(10-14)23(2,3)28-21(17)29/h5-11H,12H2,1-4H3,(H,28,29)(H,25,26,27). The molecule has 4 rings (SSSR count). The van der Waals surface area contributed by atoms with Gasteiger partial charge in [-0.25, -0.2) is 9.97 Å². The third kappa shape index (κ3) is 4.34. The van der Waals surface area contributed by atoms with Crippen LogP contribution in [-0.2, 0) is 22.1 Å². The van der Waals surface area contributed by atoms with Crippen LogP contribution in [0.5, 0.6) is 0 Å².